The lowest BCUT2D eigenvalue weighted by Gasteiger charge is -2.21. The summed E-state index contributed by atoms with van der Waals surface area (Å²) in [5.74, 6) is -3.83. The number of unbranched alkanes of at least 4 members (excludes halogenated alkanes) is 6. The van der Waals surface area contributed by atoms with Gasteiger partial charge < -0.3 is 20.3 Å². The van der Waals surface area contributed by atoms with Gasteiger partial charge in [0.1, 0.15) is 18.6 Å². The summed E-state index contributed by atoms with van der Waals surface area (Å²) >= 11 is 0. The van der Waals surface area contributed by atoms with Crippen LogP contribution < -0.4 is 11.0 Å². The van der Waals surface area contributed by atoms with Crippen molar-refractivity contribution in [3.05, 3.63) is 22.7 Å². The molecule has 1 saturated heterocycles. The lowest BCUT2D eigenvalue weighted by atomic mass is 10.1. The van der Waals surface area contributed by atoms with E-state index in [0.717, 1.165) is 51.1 Å². The van der Waals surface area contributed by atoms with Gasteiger partial charge in [0.05, 0.1) is 6.61 Å². The summed E-state index contributed by atoms with van der Waals surface area (Å²) < 4.78 is 45.9. The van der Waals surface area contributed by atoms with Crippen LogP contribution in [0.1, 0.15) is 57.6 Å². The predicted octanol–water partition coefficient (Wildman–Crippen LogP) is 2.20. The number of anilines is 1. The summed E-state index contributed by atoms with van der Waals surface area (Å²) in [7, 11) is 0. The minimum atomic E-state index is -3.74. The van der Waals surface area contributed by atoms with E-state index in [2.05, 4.69) is 10.3 Å². The molecule has 1 fully saturated rings. The Morgan fingerprint density at radius 2 is 1.84 bits per heavy atom. The van der Waals surface area contributed by atoms with E-state index in [9.17, 15) is 27.9 Å². The molecule has 1 aromatic rings. The number of hydrogen-bond acceptors (Lipinski definition) is 7. The number of alkyl halides is 3. The molecule has 0 bridgehead atoms. The first kappa shape index (κ1) is 25.3. The molecule has 0 unspecified atom stereocenters. The zero-order chi connectivity index (χ0) is 22.9. The topological polar surface area (TPSA) is 114 Å². The number of ether oxygens (including phenoxy) is 1. The first-order chi connectivity index (χ1) is 14.8. The Hall–Kier alpha value is -1.98. The number of aromatic nitrogens is 2. The average molecular weight is 449 g/mol. The molecule has 2 heterocycles. The molecule has 1 aliphatic heterocycles. The Morgan fingerprint density at radius 1 is 1.19 bits per heavy atom. The summed E-state index contributed by atoms with van der Waals surface area (Å²) in [4.78, 5) is 26.7. The Balaban J connectivity index is 1.69. The molecule has 3 atom stereocenters. The predicted molar refractivity (Wildman–Crippen MR) is 107 cm³/mol. The number of nitrogens with one attached hydrogen (secondary N) is 1. The minimum absolute atomic E-state index is 0.249. The van der Waals surface area contributed by atoms with E-state index in [1.165, 1.54) is 6.07 Å². The van der Waals surface area contributed by atoms with Gasteiger partial charge in [-0.3, -0.25) is 9.36 Å². The molecular formula is C20H30F3N3O5. The van der Waals surface area contributed by atoms with E-state index in [0.29, 0.717) is 17.5 Å². The smallest absolute Gasteiger partial charge is 0.351 e. The van der Waals surface area contributed by atoms with Crippen LogP contribution in [0.2, 0.25) is 0 Å². The number of aliphatic hydroxyl groups excluding tert-OH is 2. The van der Waals surface area contributed by atoms with Crippen molar-refractivity contribution in [1.82, 2.24) is 9.55 Å². The summed E-state index contributed by atoms with van der Waals surface area (Å²) in [6, 6.07) is 1.37. The van der Waals surface area contributed by atoms with Crippen LogP contribution in [-0.4, -0.2) is 63.5 Å². The summed E-state index contributed by atoms with van der Waals surface area (Å²) in [6.07, 6.45) is 2.13. The lowest BCUT2D eigenvalue weighted by Crippen LogP contribution is -2.41. The number of aliphatic hydroxyl groups is 2. The van der Waals surface area contributed by atoms with E-state index >= 15 is 0 Å². The third-order valence-electron chi connectivity index (χ3n) is 5.23. The Kier molecular flexibility index (Phi) is 9.92. The zero-order valence-electron chi connectivity index (χ0n) is 17.3. The van der Waals surface area contributed by atoms with Crippen LogP contribution >= 0.6 is 0 Å². The fourth-order valence-electron chi connectivity index (χ4n) is 3.42. The first-order valence-corrected chi connectivity index (χ1v) is 10.5. The highest BCUT2D eigenvalue weighted by Crippen LogP contribution is 2.41. The van der Waals surface area contributed by atoms with Crippen molar-refractivity contribution < 1.29 is 32.9 Å². The highest BCUT2D eigenvalue weighted by Gasteiger charge is 2.59. The number of carbonyl (C=O) groups is 1. The standard InChI is InChI=1S/C20H30F3N3O5/c21-12-14(28)8-6-4-2-1-3-5-7-10-24-16-9-11-26(19(30)25-16)18-20(22,23)17(29)15(13-27)31-18/h9,11,15,17-18,27,29H,1-8,10,12-13H2,(H,24,25,30)/t15-,17-,18-/m1/s1. The summed E-state index contributed by atoms with van der Waals surface area (Å²) in [6.45, 7) is -1.12. The molecule has 2 rings (SSSR count). The zero-order valence-corrected chi connectivity index (χ0v) is 17.3. The molecule has 31 heavy (non-hydrogen) atoms. The maximum absolute atomic E-state index is 14.2. The highest BCUT2D eigenvalue weighted by molar-refractivity contribution is 5.79. The molecular weight excluding hydrogens is 419 g/mol. The number of rotatable bonds is 14. The molecule has 0 saturated carbocycles. The molecule has 0 spiro atoms. The molecule has 3 N–H and O–H groups in total. The number of carbonyl (C=O) groups excluding carboxylic acids is 1. The maximum atomic E-state index is 14.2. The Morgan fingerprint density at radius 3 is 2.42 bits per heavy atom. The van der Waals surface area contributed by atoms with E-state index < -0.39 is 43.3 Å². The van der Waals surface area contributed by atoms with Crippen molar-refractivity contribution in [3.8, 4) is 0 Å². The highest BCUT2D eigenvalue weighted by atomic mass is 19.3. The maximum Gasteiger partial charge on any atom is 0.351 e. The summed E-state index contributed by atoms with van der Waals surface area (Å²) in [5.41, 5.74) is -0.952. The van der Waals surface area contributed by atoms with Crippen LogP contribution in [0.15, 0.2) is 17.1 Å². The first-order valence-electron chi connectivity index (χ1n) is 10.5. The third-order valence-corrected chi connectivity index (χ3v) is 5.23. The third kappa shape index (κ3) is 7.01. The molecule has 8 nitrogen and oxygen atoms in total. The van der Waals surface area contributed by atoms with Crippen molar-refractivity contribution in [1.29, 1.82) is 0 Å². The second-order valence-corrected chi connectivity index (χ2v) is 7.66. The summed E-state index contributed by atoms with van der Waals surface area (Å²) in [5, 5.41) is 21.6. The molecule has 0 aromatic carbocycles. The van der Waals surface area contributed by atoms with Gasteiger partial charge in [-0.25, -0.2) is 9.18 Å². The van der Waals surface area contributed by atoms with Crippen molar-refractivity contribution in [2.24, 2.45) is 0 Å². The Labute approximate surface area is 178 Å². The van der Waals surface area contributed by atoms with Crippen molar-refractivity contribution in [2.75, 3.05) is 25.1 Å². The van der Waals surface area contributed by atoms with Crippen LogP contribution in [0.4, 0.5) is 19.0 Å². The van der Waals surface area contributed by atoms with Gasteiger partial charge in [0.2, 0.25) is 6.23 Å². The quantitative estimate of drug-likeness (QED) is 0.373. The number of nitrogens with zero attached hydrogens (tertiary/aromatic N) is 2. The van der Waals surface area contributed by atoms with Gasteiger partial charge in [-0.15, -0.1) is 0 Å². The number of Topliss-reactive ketones (excluding diaryl/α,β-unsaturated/α-hetero) is 1. The van der Waals surface area contributed by atoms with Gasteiger partial charge in [0.25, 0.3) is 0 Å². The minimum Gasteiger partial charge on any atom is -0.394 e. The van der Waals surface area contributed by atoms with Crippen LogP contribution in [0.3, 0.4) is 0 Å². The monoisotopic (exact) mass is 449 g/mol. The normalized spacial score (nSPS) is 22.5. The van der Waals surface area contributed by atoms with Gasteiger partial charge in [0.15, 0.2) is 11.9 Å². The number of hydrogen-bond donors (Lipinski definition) is 3. The van der Waals surface area contributed by atoms with Crippen molar-refractivity contribution in [3.63, 3.8) is 0 Å². The fourth-order valence-corrected chi connectivity index (χ4v) is 3.42. The van der Waals surface area contributed by atoms with Crippen molar-refractivity contribution >= 4 is 11.6 Å². The number of ketones is 1. The van der Waals surface area contributed by atoms with Gasteiger partial charge in [-0.1, -0.05) is 32.1 Å². The molecule has 1 aromatic heterocycles. The second-order valence-electron chi connectivity index (χ2n) is 7.66. The Bertz CT molecular complexity index is 762. The van der Waals surface area contributed by atoms with Crippen LogP contribution in [0.5, 0.6) is 0 Å². The van der Waals surface area contributed by atoms with Gasteiger partial charge in [-0.05, 0) is 18.9 Å². The molecule has 176 valence electrons. The molecule has 0 radical (unpaired) electrons. The number of halogens is 3. The van der Waals surface area contributed by atoms with Crippen LogP contribution in [0.25, 0.3) is 0 Å². The SMILES string of the molecule is O=C(CF)CCCCCCCCCNc1ccn([C@@H]2O[C@H](CO)[C@@H](O)C2(F)F)c(=O)n1. The van der Waals surface area contributed by atoms with E-state index in [4.69, 9.17) is 9.84 Å². The van der Waals surface area contributed by atoms with Crippen molar-refractivity contribution in [2.45, 2.75) is 75.7 Å². The fraction of sp³-hybridized carbons (Fsp3) is 0.750. The van der Waals surface area contributed by atoms with E-state index in [-0.39, 0.29) is 11.6 Å². The van der Waals surface area contributed by atoms with Crippen LogP contribution in [-0.2, 0) is 9.53 Å². The largest absolute Gasteiger partial charge is 0.394 e. The molecule has 1 aliphatic rings. The van der Waals surface area contributed by atoms with Gasteiger partial charge in [0, 0.05) is 19.2 Å². The van der Waals surface area contributed by atoms with E-state index in [1.807, 2.05) is 0 Å². The average Bonchev–Trinajstić information content (AvgIpc) is 2.98. The second kappa shape index (κ2) is 12.2. The molecule has 11 heteroatoms. The van der Waals surface area contributed by atoms with E-state index in [1.54, 1.807) is 0 Å². The van der Waals surface area contributed by atoms with Crippen LogP contribution in [0, 0.1) is 0 Å². The van der Waals surface area contributed by atoms with Gasteiger partial charge in [-0.2, -0.15) is 13.8 Å². The molecule has 0 aliphatic carbocycles. The lowest BCUT2D eigenvalue weighted by molar-refractivity contribution is -0.140. The molecule has 0 amide bonds. The van der Waals surface area contributed by atoms with Gasteiger partial charge >= 0.3 is 11.6 Å².